The summed E-state index contributed by atoms with van der Waals surface area (Å²) in [5, 5.41) is 3.11. The molecule has 0 saturated carbocycles. The number of carbonyl (C=O) groups excluding carboxylic acids is 1. The number of rotatable bonds is 4. The fraction of sp³-hybridized carbons (Fsp3) is 0.333. The van der Waals surface area contributed by atoms with E-state index in [0.29, 0.717) is 12.5 Å². The quantitative estimate of drug-likeness (QED) is 0.763. The minimum Gasteiger partial charge on any atom is -0.343 e. The number of hydrogen-bond donors (Lipinski definition) is 1. The molecule has 8 heteroatoms. The normalized spacial score (nSPS) is 14.2. The summed E-state index contributed by atoms with van der Waals surface area (Å²) >= 11 is 6.15. The molecule has 0 spiro atoms. The highest BCUT2D eigenvalue weighted by Crippen LogP contribution is 2.20. The van der Waals surface area contributed by atoms with E-state index in [1.165, 1.54) is 6.20 Å². The zero-order valence-electron chi connectivity index (χ0n) is 14.4. The third-order valence-corrected chi connectivity index (χ3v) is 4.90. The Bertz CT molecular complexity index is 963. The second-order valence-electron chi connectivity index (χ2n) is 6.32. The van der Waals surface area contributed by atoms with Crippen LogP contribution in [0.5, 0.6) is 0 Å². The van der Waals surface area contributed by atoms with Crippen LogP contribution in [0.3, 0.4) is 0 Å². The number of aryl methyl sites for hydroxylation is 1. The number of halogens is 1. The van der Waals surface area contributed by atoms with Gasteiger partial charge in [0, 0.05) is 20.1 Å². The van der Waals surface area contributed by atoms with Crippen molar-refractivity contribution < 1.29 is 4.79 Å². The van der Waals surface area contributed by atoms with Crippen LogP contribution in [0, 0.1) is 0 Å². The Morgan fingerprint density at radius 3 is 2.77 bits per heavy atom. The van der Waals surface area contributed by atoms with Gasteiger partial charge in [-0.05, 0) is 25.0 Å². The molecule has 3 aromatic rings. The number of nitrogens with one attached hydrogen (secondary N) is 1. The molecular weight excluding hydrogens is 352 g/mol. The lowest BCUT2D eigenvalue weighted by molar-refractivity contribution is 0.0944. The van der Waals surface area contributed by atoms with E-state index in [0.717, 1.165) is 42.8 Å². The molecule has 1 aromatic carbocycles. The molecule has 134 valence electrons. The molecule has 26 heavy (non-hydrogen) atoms. The average Bonchev–Trinajstić information content (AvgIpc) is 3.29. The number of aromatic nitrogens is 4. The fourth-order valence-electron chi connectivity index (χ4n) is 3.18. The first kappa shape index (κ1) is 16.8. The molecule has 0 bridgehead atoms. The zero-order chi connectivity index (χ0) is 18.1. The van der Waals surface area contributed by atoms with Crippen LogP contribution in [0.25, 0.3) is 11.0 Å². The van der Waals surface area contributed by atoms with Crippen LogP contribution >= 0.6 is 11.6 Å². The van der Waals surface area contributed by atoms with Gasteiger partial charge in [0.1, 0.15) is 5.82 Å². The molecule has 1 amide bonds. The van der Waals surface area contributed by atoms with Gasteiger partial charge in [0.15, 0.2) is 5.69 Å². The Hall–Kier alpha value is -2.67. The highest BCUT2D eigenvalue weighted by molar-refractivity contribution is 6.33. The van der Waals surface area contributed by atoms with E-state index in [2.05, 4.69) is 25.2 Å². The number of benzene rings is 1. The smallest absolute Gasteiger partial charge is 0.272 e. The highest BCUT2D eigenvalue weighted by Gasteiger charge is 2.20. The SMILES string of the molecule is Cn1c(CNC(=O)c2nc(N3CCCC3)ncc2Cl)nc2ccccc21. The van der Waals surface area contributed by atoms with Gasteiger partial charge in [-0.3, -0.25) is 4.79 Å². The molecule has 4 rings (SSSR count). The monoisotopic (exact) mass is 370 g/mol. The minimum absolute atomic E-state index is 0.197. The molecule has 0 atom stereocenters. The maximum atomic E-state index is 12.6. The van der Waals surface area contributed by atoms with Crippen molar-refractivity contribution in [2.45, 2.75) is 19.4 Å². The topological polar surface area (TPSA) is 75.9 Å². The molecule has 3 heterocycles. The molecule has 0 aliphatic carbocycles. The first-order valence-electron chi connectivity index (χ1n) is 8.59. The van der Waals surface area contributed by atoms with Gasteiger partial charge in [0.05, 0.1) is 28.8 Å². The molecule has 1 fully saturated rings. The Balaban J connectivity index is 1.52. The summed E-state index contributed by atoms with van der Waals surface area (Å²) in [5.41, 5.74) is 2.12. The van der Waals surface area contributed by atoms with Gasteiger partial charge in [0.2, 0.25) is 5.95 Å². The summed E-state index contributed by atoms with van der Waals surface area (Å²) in [6.07, 6.45) is 3.71. The summed E-state index contributed by atoms with van der Waals surface area (Å²) in [4.78, 5) is 27.8. The van der Waals surface area contributed by atoms with Crippen molar-refractivity contribution in [1.82, 2.24) is 24.8 Å². The van der Waals surface area contributed by atoms with Crippen molar-refractivity contribution in [3.8, 4) is 0 Å². The second-order valence-corrected chi connectivity index (χ2v) is 6.73. The molecule has 1 aliphatic rings. The summed E-state index contributed by atoms with van der Waals surface area (Å²) in [5.74, 6) is 0.995. The van der Waals surface area contributed by atoms with E-state index < -0.39 is 0 Å². The van der Waals surface area contributed by atoms with E-state index in [1.54, 1.807) is 0 Å². The number of anilines is 1. The molecule has 1 N–H and O–H groups in total. The van der Waals surface area contributed by atoms with Gasteiger partial charge in [-0.15, -0.1) is 0 Å². The van der Waals surface area contributed by atoms with Crippen molar-refractivity contribution >= 4 is 34.5 Å². The fourth-order valence-corrected chi connectivity index (χ4v) is 3.36. The largest absolute Gasteiger partial charge is 0.343 e. The van der Waals surface area contributed by atoms with Crippen LogP contribution in [-0.4, -0.2) is 38.5 Å². The van der Waals surface area contributed by atoms with Gasteiger partial charge >= 0.3 is 0 Å². The lowest BCUT2D eigenvalue weighted by atomic mass is 10.3. The van der Waals surface area contributed by atoms with Crippen molar-refractivity contribution in [1.29, 1.82) is 0 Å². The third kappa shape index (κ3) is 3.10. The first-order valence-corrected chi connectivity index (χ1v) is 8.97. The predicted octanol–water partition coefficient (Wildman–Crippen LogP) is 2.55. The molecule has 0 radical (unpaired) electrons. The van der Waals surface area contributed by atoms with Crippen molar-refractivity contribution in [2.75, 3.05) is 18.0 Å². The Morgan fingerprint density at radius 1 is 1.23 bits per heavy atom. The first-order chi connectivity index (χ1) is 12.6. The van der Waals surface area contributed by atoms with Crippen LogP contribution in [0.1, 0.15) is 29.2 Å². The maximum absolute atomic E-state index is 12.6. The molecule has 1 saturated heterocycles. The minimum atomic E-state index is -0.329. The van der Waals surface area contributed by atoms with Gasteiger partial charge in [-0.2, -0.15) is 0 Å². The van der Waals surface area contributed by atoms with Crippen LogP contribution in [0.4, 0.5) is 5.95 Å². The Labute approximate surface area is 156 Å². The third-order valence-electron chi connectivity index (χ3n) is 4.62. The van der Waals surface area contributed by atoms with Crippen LogP contribution in [0.15, 0.2) is 30.5 Å². The van der Waals surface area contributed by atoms with Crippen LogP contribution < -0.4 is 10.2 Å². The van der Waals surface area contributed by atoms with E-state index in [-0.39, 0.29) is 16.6 Å². The number of carbonyl (C=O) groups is 1. The van der Waals surface area contributed by atoms with E-state index in [9.17, 15) is 4.79 Å². The van der Waals surface area contributed by atoms with Crippen molar-refractivity contribution in [3.05, 3.63) is 47.0 Å². The lowest BCUT2D eigenvalue weighted by Crippen LogP contribution is -2.27. The van der Waals surface area contributed by atoms with Gasteiger partial charge in [0.25, 0.3) is 5.91 Å². The van der Waals surface area contributed by atoms with Gasteiger partial charge < -0.3 is 14.8 Å². The maximum Gasteiger partial charge on any atom is 0.272 e. The summed E-state index contributed by atoms with van der Waals surface area (Å²) in [6, 6.07) is 7.85. The number of para-hydroxylation sites is 2. The number of imidazole rings is 1. The molecular formula is C18H19ClN6O. The summed E-state index contributed by atoms with van der Waals surface area (Å²) in [7, 11) is 1.93. The van der Waals surface area contributed by atoms with E-state index >= 15 is 0 Å². The number of nitrogens with zero attached hydrogens (tertiary/aromatic N) is 5. The summed E-state index contributed by atoms with van der Waals surface area (Å²) < 4.78 is 1.97. The zero-order valence-corrected chi connectivity index (χ0v) is 15.2. The Kier molecular flexibility index (Phi) is 4.46. The number of fused-ring (bicyclic) bond motifs is 1. The number of amides is 1. The molecule has 7 nitrogen and oxygen atoms in total. The molecule has 1 aliphatic heterocycles. The molecule has 0 unspecified atom stereocenters. The van der Waals surface area contributed by atoms with E-state index in [4.69, 9.17) is 11.6 Å². The van der Waals surface area contributed by atoms with Crippen LogP contribution in [0.2, 0.25) is 5.02 Å². The summed E-state index contributed by atoms with van der Waals surface area (Å²) in [6.45, 7) is 2.11. The Morgan fingerprint density at radius 2 is 2.00 bits per heavy atom. The second kappa shape index (κ2) is 6.92. The predicted molar refractivity (Wildman–Crippen MR) is 100 cm³/mol. The van der Waals surface area contributed by atoms with Crippen molar-refractivity contribution in [3.63, 3.8) is 0 Å². The molecule has 2 aromatic heterocycles. The van der Waals surface area contributed by atoms with Gasteiger partial charge in [-0.1, -0.05) is 23.7 Å². The number of hydrogen-bond acceptors (Lipinski definition) is 5. The highest BCUT2D eigenvalue weighted by atomic mass is 35.5. The van der Waals surface area contributed by atoms with E-state index in [1.807, 2.05) is 35.9 Å². The standard InChI is InChI=1S/C18H19ClN6O/c1-24-14-7-3-2-6-13(14)22-15(24)11-20-17(26)16-12(19)10-21-18(23-16)25-8-4-5-9-25/h2-3,6-7,10H,4-5,8-9,11H2,1H3,(H,20,26). The average molecular weight is 371 g/mol. The van der Waals surface area contributed by atoms with Crippen molar-refractivity contribution in [2.24, 2.45) is 7.05 Å². The van der Waals surface area contributed by atoms with Gasteiger partial charge in [-0.25, -0.2) is 15.0 Å². The lowest BCUT2D eigenvalue weighted by Gasteiger charge is -2.15. The van der Waals surface area contributed by atoms with Crippen LogP contribution in [-0.2, 0) is 13.6 Å².